The van der Waals surface area contributed by atoms with E-state index in [0.29, 0.717) is 24.2 Å². The topological polar surface area (TPSA) is 72.8 Å². The third-order valence-corrected chi connectivity index (χ3v) is 3.38. The van der Waals surface area contributed by atoms with Crippen molar-refractivity contribution in [1.29, 1.82) is 0 Å². The van der Waals surface area contributed by atoms with Gasteiger partial charge in [0, 0.05) is 31.1 Å². The Labute approximate surface area is 128 Å². The molecular formula is C14H19N5OS. The van der Waals surface area contributed by atoms with Crippen LogP contribution < -0.4 is 5.32 Å². The molecule has 0 aliphatic heterocycles. The van der Waals surface area contributed by atoms with Gasteiger partial charge in [0.2, 0.25) is 0 Å². The van der Waals surface area contributed by atoms with E-state index >= 15 is 0 Å². The second kappa shape index (κ2) is 7.33. The molecule has 1 N–H and O–H groups in total. The Balaban J connectivity index is 2.25. The third-order valence-electron chi connectivity index (χ3n) is 2.60. The number of nitrogens with zero attached hydrogens (tertiary/aromatic N) is 4. The Kier molecular flexibility index (Phi) is 5.46. The highest BCUT2D eigenvalue weighted by Gasteiger charge is 2.08. The first-order valence-electron chi connectivity index (χ1n) is 6.74. The monoisotopic (exact) mass is 305 g/mol. The van der Waals surface area contributed by atoms with E-state index in [9.17, 15) is 0 Å². The number of hydrogen-bond acceptors (Lipinski definition) is 7. The SMILES string of the molecule is CCOCc1nc(NC)cc(Sc2nc(C)cc(C)n2)n1. The minimum atomic E-state index is 0.396. The van der Waals surface area contributed by atoms with E-state index in [1.54, 1.807) is 0 Å². The molecule has 0 radical (unpaired) electrons. The lowest BCUT2D eigenvalue weighted by Gasteiger charge is -2.07. The molecule has 0 spiro atoms. The van der Waals surface area contributed by atoms with Crippen molar-refractivity contribution in [2.24, 2.45) is 0 Å². The lowest BCUT2D eigenvalue weighted by Crippen LogP contribution is -2.04. The Morgan fingerprint density at radius 1 is 1.10 bits per heavy atom. The fourth-order valence-electron chi connectivity index (χ4n) is 1.74. The molecule has 0 amide bonds. The standard InChI is InChI=1S/C14H19N5OS/c1-5-20-8-12-18-11(15-4)7-13(19-12)21-14-16-9(2)6-10(3)17-14/h6-7H,5,8H2,1-4H3,(H,15,18,19). The number of nitrogens with one attached hydrogen (secondary N) is 1. The molecule has 0 aliphatic carbocycles. The van der Waals surface area contributed by atoms with Gasteiger partial charge in [0.25, 0.3) is 0 Å². The Bertz CT molecular complexity index is 600. The van der Waals surface area contributed by atoms with Crippen molar-refractivity contribution in [1.82, 2.24) is 19.9 Å². The van der Waals surface area contributed by atoms with E-state index in [1.807, 2.05) is 40.0 Å². The third kappa shape index (κ3) is 4.64. The average Bonchev–Trinajstić information content (AvgIpc) is 2.43. The highest BCUT2D eigenvalue weighted by atomic mass is 32.2. The lowest BCUT2D eigenvalue weighted by atomic mass is 10.4. The predicted molar refractivity (Wildman–Crippen MR) is 82.5 cm³/mol. The van der Waals surface area contributed by atoms with E-state index < -0.39 is 0 Å². The summed E-state index contributed by atoms with van der Waals surface area (Å²) in [5.41, 5.74) is 1.89. The summed E-state index contributed by atoms with van der Waals surface area (Å²) in [6, 6.07) is 3.82. The molecule has 112 valence electrons. The van der Waals surface area contributed by atoms with Crippen LogP contribution in [0.1, 0.15) is 24.1 Å². The fourth-order valence-corrected chi connectivity index (χ4v) is 2.63. The predicted octanol–water partition coefficient (Wildman–Crippen LogP) is 2.61. The Morgan fingerprint density at radius 2 is 1.81 bits per heavy atom. The molecular weight excluding hydrogens is 286 g/mol. The Hall–Kier alpha value is -1.73. The van der Waals surface area contributed by atoms with Gasteiger partial charge in [-0.2, -0.15) is 0 Å². The molecule has 0 fully saturated rings. The van der Waals surface area contributed by atoms with Crippen LogP contribution in [0.3, 0.4) is 0 Å². The molecule has 0 atom stereocenters. The smallest absolute Gasteiger partial charge is 0.194 e. The molecule has 2 heterocycles. The van der Waals surface area contributed by atoms with Gasteiger partial charge < -0.3 is 10.1 Å². The van der Waals surface area contributed by atoms with Gasteiger partial charge in [0.1, 0.15) is 17.5 Å². The number of aromatic nitrogens is 4. The summed E-state index contributed by atoms with van der Waals surface area (Å²) in [7, 11) is 1.83. The molecule has 6 nitrogen and oxygen atoms in total. The minimum Gasteiger partial charge on any atom is -0.374 e. The quantitative estimate of drug-likeness (QED) is 0.649. The average molecular weight is 305 g/mol. The van der Waals surface area contributed by atoms with Crippen LogP contribution in [0.15, 0.2) is 22.3 Å². The summed E-state index contributed by atoms with van der Waals surface area (Å²) >= 11 is 1.42. The summed E-state index contributed by atoms with van der Waals surface area (Å²) in [5.74, 6) is 1.40. The van der Waals surface area contributed by atoms with Gasteiger partial charge in [-0.25, -0.2) is 19.9 Å². The first-order valence-corrected chi connectivity index (χ1v) is 7.56. The molecule has 0 saturated carbocycles. The minimum absolute atomic E-state index is 0.396. The molecule has 7 heteroatoms. The zero-order chi connectivity index (χ0) is 15.2. The molecule has 0 saturated heterocycles. The normalized spacial score (nSPS) is 10.7. The van der Waals surface area contributed by atoms with Gasteiger partial charge in [-0.1, -0.05) is 0 Å². The van der Waals surface area contributed by atoms with Gasteiger partial charge in [-0.3, -0.25) is 0 Å². The zero-order valence-electron chi connectivity index (χ0n) is 12.7. The van der Waals surface area contributed by atoms with Crippen LogP contribution in [0, 0.1) is 13.8 Å². The van der Waals surface area contributed by atoms with Gasteiger partial charge in [0.05, 0.1) is 0 Å². The molecule has 2 aromatic rings. The molecule has 0 bridgehead atoms. The molecule has 0 aliphatic rings. The zero-order valence-corrected chi connectivity index (χ0v) is 13.5. The van der Waals surface area contributed by atoms with Crippen molar-refractivity contribution in [3.05, 3.63) is 29.3 Å². The van der Waals surface area contributed by atoms with Crippen LogP contribution in [0.25, 0.3) is 0 Å². The van der Waals surface area contributed by atoms with E-state index in [1.165, 1.54) is 11.8 Å². The van der Waals surface area contributed by atoms with E-state index in [0.717, 1.165) is 22.2 Å². The van der Waals surface area contributed by atoms with Gasteiger partial charge in [-0.15, -0.1) is 0 Å². The van der Waals surface area contributed by atoms with Gasteiger partial charge in [0.15, 0.2) is 11.0 Å². The molecule has 2 aromatic heterocycles. The van der Waals surface area contributed by atoms with Gasteiger partial charge in [-0.05, 0) is 38.6 Å². The highest BCUT2D eigenvalue weighted by Crippen LogP contribution is 2.25. The number of rotatable bonds is 6. The molecule has 21 heavy (non-hydrogen) atoms. The summed E-state index contributed by atoms with van der Waals surface area (Å²) in [4.78, 5) is 17.7. The van der Waals surface area contributed by atoms with E-state index in [-0.39, 0.29) is 0 Å². The maximum Gasteiger partial charge on any atom is 0.194 e. The van der Waals surface area contributed by atoms with Gasteiger partial charge >= 0.3 is 0 Å². The first kappa shape index (κ1) is 15.7. The maximum atomic E-state index is 5.37. The summed E-state index contributed by atoms with van der Waals surface area (Å²) in [6.07, 6.45) is 0. The van der Waals surface area contributed by atoms with Crippen LogP contribution in [0.4, 0.5) is 5.82 Å². The van der Waals surface area contributed by atoms with Crippen molar-refractivity contribution >= 4 is 17.6 Å². The summed E-state index contributed by atoms with van der Waals surface area (Å²) in [5, 5.41) is 4.52. The number of aryl methyl sites for hydroxylation is 2. The molecule has 0 unspecified atom stereocenters. The Morgan fingerprint density at radius 3 is 2.43 bits per heavy atom. The van der Waals surface area contributed by atoms with E-state index in [2.05, 4.69) is 25.3 Å². The lowest BCUT2D eigenvalue weighted by molar-refractivity contribution is 0.128. The molecule has 2 rings (SSSR count). The van der Waals surface area contributed by atoms with Crippen molar-refractivity contribution in [2.45, 2.75) is 37.6 Å². The number of anilines is 1. The highest BCUT2D eigenvalue weighted by molar-refractivity contribution is 7.99. The van der Waals surface area contributed by atoms with Crippen molar-refractivity contribution < 1.29 is 4.74 Å². The van der Waals surface area contributed by atoms with Crippen LogP contribution in [-0.2, 0) is 11.3 Å². The maximum absolute atomic E-state index is 5.37. The number of hydrogen-bond donors (Lipinski definition) is 1. The van der Waals surface area contributed by atoms with Crippen LogP contribution in [0.2, 0.25) is 0 Å². The fraction of sp³-hybridized carbons (Fsp3) is 0.429. The van der Waals surface area contributed by atoms with E-state index in [4.69, 9.17) is 4.74 Å². The van der Waals surface area contributed by atoms with Crippen LogP contribution in [-0.4, -0.2) is 33.6 Å². The van der Waals surface area contributed by atoms with Crippen molar-refractivity contribution in [3.8, 4) is 0 Å². The number of ether oxygens (including phenoxy) is 1. The second-order valence-corrected chi connectivity index (χ2v) is 5.42. The van der Waals surface area contributed by atoms with Crippen molar-refractivity contribution in [3.63, 3.8) is 0 Å². The summed E-state index contributed by atoms with van der Waals surface area (Å²) in [6.45, 7) is 6.89. The van der Waals surface area contributed by atoms with Crippen LogP contribution in [0.5, 0.6) is 0 Å². The van der Waals surface area contributed by atoms with Crippen molar-refractivity contribution in [2.75, 3.05) is 19.0 Å². The summed E-state index contributed by atoms with van der Waals surface area (Å²) < 4.78 is 5.37. The largest absolute Gasteiger partial charge is 0.374 e. The first-order chi connectivity index (χ1) is 10.1. The van der Waals surface area contributed by atoms with Crippen LogP contribution >= 0.6 is 11.8 Å². The molecule has 0 aromatic carbocycles. The second-order valence-electron chi connectivity index (χ2n) is 4.43.